The van der Waals surface area contributed by atoms with Gasteiger partial charge >= 0.3 is 5.97 Å². The lowest BCUT2D eigenvalue weighted by Gasteiger charge is -2.51. The van der Waals surface area contributed by atoms with Gasteiger partial charge in [-0.25, -0.2) is 4.79 Å². The zero-order valence-electron chi connectivity index (χ0n) is 36.0. The van der Waals surface area contributed by atoms with Gasteiger partial charge in [0, 0.05) is 39.7 Å². The number of rotatable bonds is 22. The van der Waals surface area contributed by atoms with Crippen LogP contribution in [0.3, 0.4) is 0 Å². The third-order valence-electron chi connectivity index (χ3n) is 11.3. The fourth-order valence-electron chi connectivity index (χ4n) is 7.94. The molecule has 4 rings (SSSR count). The first-order valence-corrected chi connectivity index (χ1v) is 21.8. The Kier molecular flexibility index (Phi) is 21.4. The van der Waals surface area contributed by atoms with Gasteiger partial charge in [-0.05, 0) is 25.5 Å². The third-order valence-corrected chi connectivity index (χ3v) is 11.6. The highest BCUT2D eigenvalue weighted by Crippen LogP contribution is 2.39. The molecule has 0 radical (unpaired) electrons. The van der Waals surface area contributed by atoms with Gasteiger partial charge in [0.05, 0.1) is 56.9 Å². The molecule has 20 atom stereocenters. The quantitative estimate of drug-likeness (QED) is 0.0354. The summed E-state index contributed by atoms with van der Waals surface area (Å²) in [5.74, 6) is -5.97. The van der Waals surface area contributed by atoms with Crippen LogP contribution >= 0.6 is 12.6 Å². The van der Waals surface area contributed by atoms with E-state index in [4.69, 9.17) is 37.9 Å². The minimum absolute atomic E-state index is 0.0196. The zero-order valence-corrected chi connectivity index (χ0v) is 36.9. The highest BCUT2D eigenvalue weighted by atomic mass is 32.1. The molecular formula is C38H65N3O23S. The van der Waals surface area contributed by atoms with Crippen molar-refractivity contribution in [1.29, 1.82) is 0 Å². The molecule has 65 heavy (non-hydrogen) atoms. The van der Waals surface area contributed by atoms with Crippen LogP contribution in [-0.4, -0.2) is 241 Å². The number of hydrogen-bond acceptors (Lipinski definition) is 23. The van der Waals surface area contributed by atoms with Crippen LogP contribution in [0.25, 0.3) is 0 Å². The number of carbonyl (C=O) groups is 4. The number of nitrogens with one attached hydrogen (secondary N) is 3. The Hall–Kier alpha value is -2.49. The Bertz CT molecular complexity index is 1540. The largest absolute Gasteiger partial charge is 0.477 e. The highest BCUT2D eigenvalue weighted by Gasteiger charge is 2.60. The lowest BCUT2D eigenvalue weighted by atomic mass is 9.89. The molecule has 376 valence electrons. The van der Waals surface area contributed by atoms with Gasteiger partial charge in [-0.3, -0.25) is 14.4 Å². The van der Waals surface area contributed by atoms with E-state index in [1.807, 2.05) is 0 Å². The van der Waals surface area contributed by atoms with E-state index in [2.05, 4.69) is 28.6 Å². The first kappa shape index (κ1) is 55.1. The van der Waals surface area contributed by atoms with Crippen LogP contribution < -0.4 is 16.0 Å². The molecule has 0 saturated carbocycles. The Morgan fingerprint density at radius 1 is 0.754 bits per heavy atom. The van der Waals surface area contributed by atoms with Crippen molar-refractivity contribution in [3.05, 3.63) is 0 Å². The lowest BCUT2D eigenvalue weighted by molar-refractivity contribution is -0.389. The normalized spacial score (nSPS) is 40.4. The predicted molar refractivity (Wildman–Crippen MR) is 216 cm³/mol. The number of carboxylic acids is 1. The minimum atomic E-state index is -2.96. The molecule has 26 nitrogen and oxygen atoms in total. The standard InChI is InChI=1S/C38H65N3O23S/c1-15-26(50)28(52)29(53)35(58-15)62-32-25(41-17(3)46)34(57-8-4-6-23(49)39-7-5-9-65)60-22(14-44)31(32)61-36-30(54)33(27(51)21(13-43)59-36)64-38(37(55)56)11-19(48)24(40-16(2)45)20(63-38)10-18(47)12-42/h15,18-22,24-36,42-44,47-48,50-54,65H,4-14H2,1-3H3,(H,39,49)(H,40,45)(H,41,46)(H,55,56). The van der Waals surface area contributed by atoms with Gasteiger partial charge in [0.15, 0.2) is 18.9 Å². The van der Waals surface area contributed by atoms with E-state index in [-0.39, 0.29) is 25.4 Å². The first-order chi connectivity index (χ1) is 30.7. The van der Waals surface area contributed by atoms with E-state index in [0.29, 0.717) is 18.7 Å². The Morgan fingerprint density at radius 2 is 1.37 bits per heavy atom. The molecule has 4 aliphatic rings. The van der Waals surface area contributed by atoms with Crippen molar-refractivity contribution in [2.45, 2.75) is 175 Å². The predicted octanol–water partition coefficient (Wildman–Crippen LogP) is -6.96. The van der Waals surface area contributed by atoms with Gasteiger partial charge in [0.25, 0.3) is 5.79 Å². The Balaban J connectivity index is 1.69. The fraction of sp³-hybridized carbons (Fsp3) is 0.895. The van der Waals surface area contributed by atoms with Crippen molar-refractivity contribution in [3.63, 3.8) is 0 Å². The topological polar surface area (TPSA) is 401 Å². The summed E-state index contributed by atoms with van der Waals surface area (Å²) in [6, 6.07) is -2.81. The van der Waals surface area contributed by atoms with Gasteiger partial charge in [-0.1, -0.05) is 0 Å². The summed E-state index contributed by atoms with van der Waals surface area (Å²) in [5, 5.41) is 125. The van der Waals surface area contributed by atoms with Crippen molar-refractivity contribution < 1.29 is 113 Å². The molecule has 27 heteroatoms. The Morgan fingerprint density at radius 3 is 1.97 bits per heavy atom. The maximum Gasteiger partial charge on any atom is 0.364 e. The number of ether oxygens (including phenoxy) is 8. The molecule has 4 heterocycles. The van der Waals surface area contributed by atoms with E-state index in [0.717, 1.165) is 13.8 Å². The van der Waals surface area contributed by atoms with Crippen molar-refractivity contribution in [2.75, 3.05) is 38.7 Å². The van der Waals surface area contributed by atoms with E-state index in [1.54, 1.807) is 0 Å². The molecule has 0 aliphatic carbocycles. The van der Waals surface area contributed by atoms with E-state index in [1.165, 1.54) is 6.92 Å². The fourth-order valence-corrected chi connectivity index (χ4v) is 8.09. The molecule has 14 N–H and O–H groups in total. The van der Waals surface area contributed by atoms with Crippen molar-refractivity contribution >= 4 is 36.3 Å². The van der Waals surface area contributed by atoms with Crippen LogP contribution in [0.2, 0.25) is 0 Å². The summed E-state index contributed by atoms with van der Waals surface area (Å²) >= 11 is 4.11. The number of aliphatic hydroxyl groups is 10. The van der Waals surface area contributed by atoms with Crippen LogP contribution in [0.1, 0.15) is 52.9 Å². The molecule has 3 amide bonds. The molecule has 0 bridgehead atoms. The number of thiol groups is 1. The molecule has 0 aromatic carbocycles. The molecule has 4 aliphatic heterocycles. The first-order valence-electron chi connectivity index (χ1n) is 21.2. The molecular weight excluding hydrogens is 898 g/mol. The molecule has 20 unspecified atom stereocenters. The summed E-state index contributed by atoms with van der Waals surface area (Å²) in [6.07, 6.45) is -30.6. The second kappa shape index (κ2) is 25.2. The van der Waals surface area contributed by atoms with Crippen molar-refractivity contribution in [2.24, 2.45) is 0 Å². The van der Waals surface area contributed by atoms with Crippen molar-refractivity contribution in [3.8, 4) is 0 Å². The van der Waals surface area contributed by atoms with Gasteiger partial charge in [-0.2, -0.15) is 12.6 Å². The maximum absolute atomic E-state index is 13.0. The summed E-state index contributed by atoms with van der Waals surface area (Å²) < 4.78 is 47.4. The SMILES string of the molecule is CC(=O)NC1C(O)CC(OC2C(O)C(CO)OC(OC3C(CO)OC(OCCCC(=O)NCCCS)C(NC(C)=O)C3OC3OC(C)C(O)C(O)C3O)C2O)(C(=O)O)OC1CC(O)CO. The van der Waals surface area contributed by atoms with Crippen LogP contribution in [0, 0.1) is 0 Å². The second-order valence-corrected chi connectivity index (χ2v) is 16.8. The number of carboxylic acid groups (broad SMARTS) is 1. The summed E-state index contributed by atoms with van der Waals surface area (Å²) in [5.41, 5.74) is 0. The maximum atomic E-state index is 13.0. The van der Waals surface area contributed by atoms with Crippen LogP contribution in [0.4, 0.5) is 0 Å². The molecule has 4 fully saturated rings. The second-order valence-electron chi connectivity index (χ2n) is 16.3. The van der Waals surface area contributed by atoms with Crippen LogP contribution in [0.15, 0.2) is 0 Å². The number of aliphatic carboxylic acids is 1. The Labute approximate surface area is 378 Å². The molecule has 0 spiro atoms. The summed E-state index contributed by atoms with van der Waals surface area (Å²) in [4.78, 5) is 50.1. The van der Waals surface area contributed by atoms with E-state index >= 15 is 0 Å². The van der Waals surface area contributed by atoms with Gasteiger partial charge in [0.1, 0.15) is 67.1 Å². The smallest absolute Gasteiger partial charge is 0.364 e. The molecule has 0 aromatic rings. The number of amides is 3. The van der Waals surface area contributed by atoms with E-state index in [9.17, 15) is 75.3 Å². The van der Waals surface area contributed by atoms with Crippen LogP contribution in [-0.2, 0) is 57.1 Å². The number of carbonyl (C=O) groups excluding carboxylic acids is 3. The van der Waals surface area contributed by atoms with E-state index < -0.39 is 173 Å². The highest BCUT2D eigenvalue weighted by molar-refractivity contribution is 7.80. The van der Waals surface area contributed by atoms with Gasteiger partial charge in [-0.15, -0.1) is 0 Å². The van der Waals surface area contributed by atoms with Gasteiger partial charge < -0.3 is 110 Å². The average Bonchev–Trinajstić information content (AvgIpc) is 3.25. The average molecular weight is 964 g/mol. The van der Waals surface area contributed by atoms with Gasteiger partial charge in [0.2, 0.25) is 17.7 Å². The molecule has 4 saturated heterocycles. The zero-order chi connectivity index (χ0) is 48.3. The third kappa shape index (κ3) is 14.1. The van der Waals surface area contributed by atoms with Crippen molar-refractivity contribution in [1.82, 2.24) is 16.0 Å². The minimum Gasteiger partial charge on any atom is -0.477 e. The monoisotopic (exact) mass is 963 g/mol. The lowest BCUT2D eigenvalue weighted by Crippen LogP contribution is -2.71. The summed E-state index contributed by atoms with van der Waals surface area (Å²) in [6.45, 7) is 1.04. The molecule has 0 aromatic heterocycles. The summed E-state index contributed by atoms with van der Waals surface area (Å²) in [7, 11) is 0. The van der Waals surface area contributed by atoms with Crippen LogP contribution in [0.5, 0.6) is 0 Å². The number of aliphatic hydroxyl groups excluding tert-OH is 10. The number of hydrogen-bond donors (Lipinski definition) is 15.